The molecule has 3 nitrogen and oxygen atoms in total. The van der Waals surface area contributed by atoms with Gasteiger partial charge in [-0.1, -0.05) is 59.3 Å². The van der Waals surface area contributed by atoms with Crippen LogP contribution in [-0.4, -0.2) is 17.7 Å². The number of unbranched alkanes of at least 4 members (excludes halogenated alkanes) is 4. The molecule has 0 heterocycles. The molecule has 2 atom stereocenters. The van der Waals surface area contributed by atoms with Gasteiger partial charge in [-0.15, -0.1) is 0 Å². The first-order chi connectivity index (χ1) is 8.55. The Morgan fingerprint density at radius 1 is 1.06 bits per heavy atom. The number of hydrogen-bond acceptors (Lipinski definition) is 2. The van der Waals surface area contributed by atoms with Crippen LogP contribution in [0.4, 0.5) is 0 Å². The minimum absolute atomic E-state index is 0.330. The van der Waals surface area contributed by atoms with Crippen molar-refractivity contribution >= 4 is 7.60 Å². The third-order valence-corrected chi connectivity index (χ3v) is 4.89. The smallest absolute Gasteiger partial charge is 0.324 e. The van der Waals surface area contributed by atoms with Gasteiger partial charge in [-0.3, -0.25) is 4.57 Å². The first-order valence-electron chi connectivity index (χ1n) is 7.52. The molecule has 2 unspecified atom stereocenters. The summed E-state index contributed by atoms with van der Waals surface area (Å²) in [5.41, 5.74) is 0. The van der Waals surface area contributed by atoms with Crippen LogP contribution in [0, 0.1) is 5.92 Å². The van der Waals surface area contributed by atoms with Crippen LogP contribution in [0.3, 0.4) is 0 Å². The molecular weight excluding hydrogens is 247 g/mol. The largest absolute Gasteiger partial charge is 0.328 e. The lowest BCUT2D eigenvalue weighted by molar-refractivity contribution is 0.246. The summed E-state index contributed by atoms with van der Waals surface area (Å²) in [4.78, 5) is 9.81. The Hall–Kier alpha value is 0.150. The average molecular weight is 278 g/mol. The van der Waals surface area contributed by atoms with E-state index in [0.29, 0.717) is 18.7 Å². The fourth-order valence-corrected chi connectivity index (χ4v) is 3.65. The molecule has 110 valence electrons. The van der Waals surface area contributed by atoms with Gasteiger partial charge in [0.05, 0.1) is 12.8 Å². The lowest BCUT2D eigenvalue weighted by Gasteiger charge is -2.18. The van der Waals surface area contributed by atoms with Crippen molar-refractivity contribution in [2.45, 2.75) is 72.1 Å². The molecule has 0 saturated heterocycles. The van der Waals surface area contributed by atoms with Gasteiger partial charge in [-0.05, 0) is 18.8 Å². The molecule has 0 fully saturated rings. The molecule has 0 bridgehead atoms. The average Bonchev–Trinajstić information content (AvgIpc) is 2.34. The number of rotatable bonds is 12. The second-order valence-corrected chi connectivity index (χ2v) is 7.03. The third kappa shape index (κ3) is 10.1. The van der Waals surface area contributed by atoms with Crippen molar-refractivity contribution < 1.29 is 14.0 Å². The molecule has 0 aliphatic rings. The molecule has 0 aromatic rings. The predicted octanol–water partition coefficient (Wildman–Crippen LogP) is 4.99. The molecule has 0 aromatic heterocycles. The topological polar surface area (TPSA) is 46.5 Å². The highest BCUT2D eigenvalue weighted by Crippen LogP contribution is 2.45. The molecule has 1 N–H and O–H groups in total. The summed E-state index contributed by atoms with van der Waals surface area (Å²) in [5, 5.41) is 0. The normalized spacial score (nSPS) is 16.4. The van der Waals surface area contributed by atoms with Crippen LogP contribution < -0.4 is 0 Å². The summed E-state index contributed by atoms with van der Waals surface area (Å²) >= 11 is 0. The maximum atomic E-state index is 11.9. The summed E-state index contributed by atoms with van der Waals surface area (Å²) in [5.74, 6) is 0.330. The highest BCUT2D eigenvalue weighted by molar-refractivity contribution is 7.52. The number of hydrogen-bond donors (Lipinski definition) is 1. The summed E-state index contributed by atoms with van der Waals surface area (Å²) in [6.07, 6.45) is 8.93. The Balaban J connectivity index is 3.85. The van der Waals surface area contributed by atoms with E-state index in [1.54, 1.807) is 0 Å². The van der Waals surface area contributed by atoms with Crippen LogP contribution in [0.25, 0.3) is 0 Å². The van der Waals surface area contributed by atoms with E-state index in [9.17, 15) is 9.46 Å². The van der Waals surface area contributed by atoms with Crippen molar-refractivity contribution in [2.24, 2.45) is 5.92 Å². The van der Waals surface area contributed by atoms with Crippen molar-refractivity contribution in [1.82, 2.24) is 0 Å². The molecule has 4 heteroatoms. The van der Waals surface area contributed by atoms with Gasteiger partial charge in [0.2, 0.25) is 0 Å². The lowest BCUT2D eigenvalue weighted by Crippen LogP contribution is -2.08. The zero-order valence-electron chi connectivity index (χ0n) is 12.4. The molecule has 0 radical (unpaired) electrons. The van der Waals surface area contributed by atoms with Crippen LogP contribution in [0.2, 0.25) is 0 Å². The molecule has 0 aliphatic heterocycles. The maximum Gasteiger partial charge on any atom is 0.328 e. The van der Waals surface area contributed by atoms with Gasteiger partial charge in [0.15, 0.2) is 0 Å². The molecule has 0 spiro atoms. The van der Waals surface area contributed by atoms with Gasteiger partial charge in [-0.2, -0.15) is 0 Å². The summed E-state index contributed by atoms with van der Waals surface area (Å²) in [6, 6.07) is 0. The van der Waals surface area contributed by atoms with Crippen LogP contribution in [0.1, 0.15) is 72.1 Å². The minimum Gasteiger partial charge on any atom is -0.324 e. The monoisotopic (exact) mass is 278 g/mol. The fraction of sp³-hybridized carbons (Fsp3) is 1.00. The highest BCUT2D eigenvalue weighted by Gasteiger charge is 2.23. The van der Waals surface area contributed by atoms with Crippen LogP contribution >= 0.6 is 7.60 Å². The SMILES string of the molecule is CCCCCCOP(=O)(O)CC(CC)CCCC. The van der Waals surface area contributed by atoms with Gasteiger partial charge in [0.25, 0.3) is 0 Å². The zero-order valence-corrected chi connectivity index (χ0v) is 13.3. The molecule has 18 heavy (non-hydrogen) atoms. The Labute approximate surface area is 113 Å². The van der Waals surface area contributed by atoms with Gasteiger partial charge < -0.3 is 9.42 Å². The second kappa shape index (κ2) is 11.0. The molecule has 0 amide bonds. The Bertz CT molecular complexity index is 231. The van der Waals surface area contributed by atoms with Gasteiger partial charge in [0.1, 0.15) is 0 Å². The Morgan fingerprint density at radius 3 is 2.28 bits per heavy atom. The van der Waals surface area contributed by atoms with Crippen LogP contribution in [0.15, 0.2) is 0 Å². The second-order valence-electron chi connectivity index (χ2n) is 5.13. The quantitative estimate of drug-likeness (QED) is 0.404. The molecular formula is C14H31O3P. The fourth-order valence-electron chi connectivity index (χ4n) is 2.03. The van der Waals surface area contributed by atoms with E-state index in [-0.39, 0.29) is 0 Å². The van der Waals surface area contributed by atoms with Gasteiger partial charge in [-0.25, -0.2) is 0 Å². The van der Waals surface area contributed by atoms with Crippen molar-refractivity contribution in [3.63, 3.8) is 0 Å². The van der Waals surface area contributed by atoms with E-state index >= 15 is 0 Å². The van der Waals surface area contributed by atoms with Crippen LogP contribution in [-0.2, 0) is 9.09 Å². The Kier molecular flexibility index (Phi) is 11.1. The Morgan fingerprint density at radius 2 is 1.72 bits per heavy atom. The van der Waals surface area contributed by atoms with E-state index in [4.69, 9.17) is 4.52 Å². The zero-order chi connectivity index (χ0) is 13.9. The van der Waals surface area contributed by atoms with E-state index < -0.39 is 7.60 Å². The minimum atomic E-state index is -3.35. The van der Waals surface area contributed by atoms with E-state index in [1.807, 2.05) is 0 Å². The summed E-state index contributed by atoms with van der Waals surface area (Å²) < 4.78 is 17.1. The highest BCUT2D eigenvalue weighted by atomic mass is 31.2. The summed E-state index contributed by atoms with van der Waals surface area (Å²) in [6.45, 7) is 6.81. The van der Waals surface area contributed by atoms with Crippen molar-refractivity contribution in [1.29, 1.82) is 0 Å². The molecule has 0 aromatic carbocycles. The van der Waals surface area contributed by atoms with E-state index in [0.717, 1.165) is 38.5 Å². The van der Waals surface area contributed by atoms with Crippen LogP contribution in [0.5, 0.6) is 0 Å². The van der Waals surface area contributed by atoms with Crippen molar-refractivity contribution in [3.05, 3.63) is 0 Å². The van der Waals surface area contributed by atoms with Gasteiger partial charge in [0, 0.05) is 0 Å². The first-order valence-corrected chi connectivity index (χ1v) is 9.28. The van der Waals surface area contributed by atoms with Gasteiger partial charge >= 0.3 is 7.60 Å². The maximum absolute atomic E-state index is 11.9. The lowest BCUT2D eigenvalue weighted by atomic mass is 10.0. The van der Waals surface area contributed by atoms with Crippen molar-refractivity contribution in [2.75, 3.05) is 12.8 Å². The van der Waals surface area contributed by atoms with E-state index in [2.05, 4.69) is 20.8 Å². The third-order valence-electron chi connectivity index (χ3n) is 3.32. The van der Waals surface area contributed by atoms with Crippen molar-refractivity contribution in [3.8, 4) is 0 Å². The predicted molar refractivity (Wildman–Crippen MR) is 78.1 cm³/mol. The van der Waals surface area contributed by atoms with E-state index in [1.165, 1.54) is 12.8 Å². The molecule has 0 aliphatic carbocycles. The molecule has 0 rings (SSSR count). The summed E-state index contributed by atoms with van der Waals surface area (Å²) in [7, 11) is -3.35. The molecule has 0 saturated carbocycles. The first kappa shape index (κ1) is 18.1. The standard InChI is InChI=1S/C14H31O3P/c1-4-7-9-10-12-17-18(15,16)13-14(6-3)11-8-5-2/h14H,4-13H2,1-3H3,(H,15,16).